The molecule has 0 radical (unpaired) electrons. The fourth-order valence-corrected chi connectivity index (χ4v) is 6.33. The van der Waals surface area contributed by atoms with E-state index in [9.17, 15) is 9.59 Å². The number of ether oxygens (including phenoxy) is 3. The number of aromatic nitrogens is 4. The van der Waals surface area contributed by atoms with Crippen LogP contribution < -0.4 is 14.8 Å². The Morgan fingerprint density at radius 3 is 2.60 bits per heavy atom. The first kappa shape index (κ1) is 31.1. The number of allylic oxidation sites excluding steroid dienone is 1. The highest BCUT2D eigenvalue weighted by molar-refractivity contribution is 6.07. The maximum absolute atomic E-state index is 14.0. The lowest BCUT2D eigenvalue weighted by atomic mass is 9.69. The van der Waals surface area contributed by atoms with E-state index in [-0.39, 0.29) is 18.1 Å². The quantitative estimate of drug-likeness (QED) is 0.184. The Morgan fingerprint density at radius 1 is 1.00 bits per heavy atom. The number of rotatable bonds is 6. The van der Waals surface area contributed by atoms with Crippen LogP contribution in [0.5, 0.6) is 11.5 Å². The van der Waals surface area contributed by atoms with Gasteiger partial charge in [0.2, 0.25) is 6.79 Å². The fourth-order valence-electron chi connectivity index (χ4n) is 6.33. The van der Waals surface area contributed by atoms with Crippen LogP contribution in [0.4, 0.5) is 5.69 Å². The molecule has 1 aliphatic heterocycles. The van der Waals surface area contributed by atoms with Crippen molar-refractivity contribution in [1.29, 1.82) is 0 Å². The summed E-state index contributed by atoms with van der Waals surface area (Å²) in [6, 6.07) is 19.1. The van der Waals surface area contributed by atoms with E-state index in [1.807, 2.05) is 74.5 Å². The summed E-state index contributed by atoms with van der Waals surface area (Å²) in [5, 5.41) is 10.6. The number of H-pyrrole nitrogens is 1. The summed E-state index contributed by atoms with van der Waals surface area (Å²) >= 11 is 0. The predicted octanol–water partition coefficient (Wildman–Crippen LogP) is 7.31. The van der Waals surface area contributed by atoms with Crippen molar-refractivity contribution < 1.29 is 23.8 Å². The highest BCUT2D eigenvalue weighted by Crippen LogP contribution is 2.45. The zero-order valence-electron chi connectivity index (χ0n) is 27.6. The average molecular weight is 644 g/mol. The van der Waals surface area contributed by atoms with Gasteiger partial charge in [0, 0.05) is 16.6 Å². The molecule has 0 fully saturated rings. The van der Waals surface area contributed by atoms with E-state index in [0.717, 1.165) is 45.7 Å². The lowest BCUT2D eigenvalue weighted by molar-refractivity contribution is -0.119. The first-order chi connectivity index (χ1) is 23.0. The van der Waals surface area contributed by atoms with E-state index in [2.05, 4.69) is 47.3 Å². The van der Waals surface area contributed by atoms with Crippen molar-refractivity contribution in [1.82, 2.24) is 20.2 Å². The van der Waals surface area contributed by atoms with Crippen LogP contribution >= 0.6 is 0 Å². The fraction of sp³-hybridized carbons (Fsp3) is 0.289. The van der Waals surface area contributed by atoms with Crippen LogP contribution in [0.3, 0.4) is 0 Å². The summed E-state index contributed by atoms with van der Waals surface area (Å²) in [6.45, 7) is 10.1. The Hall–Kier alpha value is -5.51. The Morgan fingerprint density at radius 2 is 1.81 bits per heavy atom. The highest BCUT2D eigenvalue weighted by atomic mass is 16.7. The van der Waals surface area contributed by atoms with E-state index in [1.165, 1.54) is 0 Å². The van der Waals surface area contributed by atoms with E-state index >= 15 is 0 Å². The molecule has 5 aromatic rings. The lowest BCUT2D eigenvalue weighted by Gasteiger charge is -2.36. The van der Waals surface area contributed by atoms with Crippen molar-refractivity contribution in [2.45, 2.75) is 47.5 Å². The topological polar surface area (TPSA) is 128 Å². The van der Waals surface area contributed by atoms with Gasteiger partial charge in [0.05, 0.1) is 16.8 Å². The number of hydrogen-bond donors (Lipinski definition) is 2. The van der Waals surface area contributed by atoms with E-state index in [4.69, 9.17) is 19.2 Å². The number of aryl methyl sites for hydroxylation is 2. The number of aromatic amines is 1. The van der Waals surface area contributed by atoms with E-state index in [0.29, 0.717) is 46.0 Å². The van der Waals surface area contributed by atoms with Gasteiger partial charge in [0.25, 0.3) is 5.91 Å². The second-order valence-corrected chi connectivity index (χ2v) is 13.5. The van der Waals surface area contributed by atoms with Crippen molar-refractivity contribution >= 4 is 40.1 Å². The molecule has 1 aliphatic carbocycles. The summed E-state index contributed by atoms with van der Waals surface area (Å²) < 4.78 is 16.9. The number of hydrogen-bond acceptors (Lipinski definition) is 8. The molecular weight excluding hydrogens is 606 g/mol. The third-order valence-corrected chi connectivity index (χ3v) is 9.08. The zero-order valence-corrected chi connectivity index (χ0v) is 27.6. The largest absolute Gasteiger partial charge is 0.454 e. The number of nitrogens with zero attached hydrogens (tertiary/aromatic N) is 3. The van der Waals surface area contributed by atoms with Gasteiger partial charge >= 0.3 is 5.97 Å². The minimum absolute atomic E-state index is 0.0467. The molecular formula is C38H37N5O5. The van der Waals surface area contributed by atoms with Crippen molar-refractivity contribution in [3.8, 4) is 22.9 Å². The first-order valence-corrected chi connectivity index (χ1v) is 16.0. The molecule has 2 aromatic heterocycles. The van der Waals surface area contributed by atoms with Crippen molar-refractivity contribution in [2.75, 3.05) is 18.7 Å². The highest BCUT2D eigenvalue weighted by Gasteiger charge is 2.35. The van der Waals surface area contributed by atoms with Crippen LogP contribution in [0.1, 0.15) is 65.8 Å². The third-order valence-electron chi connectivity index (χ3n) is 9.08. The molecule has 2 aliphatic rings. The van der Waals surface area contributed by atoms with Gasteiger partial charge in [0.1, 0.15) is 5.82 Å². The van der Waals surface area contributed by atoms with E-state index in [1.54, 1.807) is 0 Å². The van der Waals surface area contributed by atoms with Gasteiger partial charge in [-0.2, -0.15) is 5.10 Å². The Balaban J connectivity index is 1.21. The Labute approximate surface area is 278 Å². The standard InChI is InChI=1S/C38H37N5O5/c1-21-10-12-24(36-39-22(2)42-43-36)17-30(21)40-33(44)19-46-37(45)34-27-8-6-7-9-29(27)41-35-25(16-26(18-28(34)35)38(3,4)5)14-23-11-13-31-32(15-23)48-20-47-31/h6-15,17,26H,16,18-20H2,1-5H3,(H,40,44)(H,39,42,43)/b25-14-. The van der Waals surface area contributed by atoms with Gasteiger partial charge < -0.3 is 19.5 Å². The minimum Gasteiger partial charge on any atom is -0.454 e. The van der Waals surface area contributed by atoms with Crippen LogP contribution in [-0.2, 0) is 16.0 Å². The van der Waals surface area contributed by atoms with Gasteiger partial charge in [-0.1, -0.05) is 57.2 Å². The van der Waals surface area contributed by atoms with Crippen molar-refractivity contribution in [3.63, 3.8) is 0 Å². The van der Waals surface area contributed by atoms with Gasteiger partial charge in [-0.15, -0.1) is 0 Å². The molecule has 10 nitrogen and oxygen atoms in total. The maximum Gasteiger partial charge on any atom is 0.339 e. The lowest BCUT2D eigenvalue weighted by Crippen LogP contribution is -2.29. The monoisotopic (exact) mass is 643 g/mol. The van der Waals surface area contributed by atoms with Crippen LogP contribution in [0, 0.1) is 25.2 Å². The molecule has 1 atom stereocenters. The number of fused-ring (bicyclic) bond motifs is 3. The molecule has 0 saturated carbocycles. The second-order valence-electron chi connectivity index (χ2n) is 13.5. The van der Waals surface area contributed by atoms with Crippen LogP contribution in [-0.4, -0.2) is 45.4 Å². The summed E-state index contributed by atoms with van der Waals surface area (Å²) in [5.74, 6) is 1.88. The molecule has 0 bridgehead atoms. The van der Waals surface area contributed by atoms with Gasteiger partial charge in [-0.3, -0.25) is 9.89 Å². The smallest absolute Gasteiger partial charge is 0.339 e. The summed E-state index contributed by atoms with van der Waals surface area (Å²) in [4.78, 5) is 36.7. The number of esters is 1. The van der Waals surface area contributed by atoms with Gasteiger partial charge in [-0.05, 0) is 90.6 Å². The molecule has 3 heterocycles. The number of nitrogens with one attached hydrogen (secondary N) is 2. The summed E-state index contributed by atoms with van der Waals surface area (Å²) in [7, 11) is 0. The number of anilines is 1. The molecule has 1 amide bonds. The van der Waals surface area contributed by atoms with Crippen LogP contribution in [0.2, 0.25) is 0 Å². The second kappa shape index (κ2) is 12.3. The maximum atomic E-state index is 14.0. The molecule has 48 heavy (non-hydrogen) atoms. The van der Waals surface area contributed by atoms with Crippen molar-refractivity contribution in [3.05, 3.63) is 94.4 Å². The molecule has 3 aromatic carbocycles. The third kappa shape index (κ3) is 6.13. The zero-order chi connectivity index (χ0) is 33.6. The Kier molecular flexibility index (Phi) is 7.94. The molecule has 244 valence electrons. The predicted molar refractivity (Wildman–Crippen MR) is 184 cm³/mol. The van der Waals surface area contributed by atoms with Gasteiger partial charge in [-0.25, -0.2) is 14.8 Å². The number of carbonyl (C=O) groups is 2. The molecule has 0 saturated heterocycles. The molecule has 1 unspecified atom stereocenters. The average Bonchev–Trinajstić information content (AvgIpc) is 3.72. The van der Waals surface area contributed by atoms with Gasteiger partial charge in [0.15, 0.2) is 23.9 Å². The minimum atomic E-state index is -0.557. The Bertz CT molecular complexity index is 2110. The molecule has 2 N–H and O–H groups in total. The van der Waals surface area contributed by atoms with Crippen molar-refractivity contribution in [2.24, 2.45) is 11.3 Å². The summed E-state index contributed by atoms with van der Waals surface area (Å²) in [5.41, 5.74) is 6.90. The molecule has 10 heteroatoms. The molecule has 0 spiro atoms. The number of benzene rings is 3. The van der Waals surface area contributed by atoms with Crippen LogP contribution in [0.25, 0.3) is 33.9 Å². The van der Waals surface area contributed by atoms with E-state index < -0.39 is 18.5 Å². The number of para-hydroxylation sites is 1. The summed E-state index contributed by atoms with van der Waals surface area (Å²) in [6.07, 6.45) is 3.57. The van der Waals surface area contributed by atoms with Crippen LogP contribution in [0.15, 0.2) is 60.7 Å². The molecule has 7 rings (SSSR count). The SMILES string of the molecule is Cc1nc(-c2ccc(C)c(NC(=O)COC(=O)c3c4c(nc5ccccc35)/C(=C\c3ccc5c(c3)OCO5)CC(C(C)(C)C)C4)c2)n[nH]1. The first-order valence-electron chi connectivity index (χ1n) is 16.0. The normalized spacial score (nSPS) is 16.2. The number of carbonyl (C=O) groups excluding carboxylic acids is 2. The number of pyridine rings is 1. The number of amides is 1.